The fourth-order valence-electron chi connectivity index (χ4n) is 2.39. The molecule has 1 saturated carbocycles. The molecule has 1 aromatic rings. The Labute approximate surface area is 118 Å². The molecular formula is C14H19ClN2O2. The number of amides is 1. The summed E-state index contributed by atoms with van der Waals surface area (Å²) >= 11 is 5.60. The minimum atomic E-state index is -0.308. The van der Waals surface area contributed by atoms with Crippen molar-refractivity contribution in [1.29, 1.82) is 0 Å². The molecule has 5 heteroatoms. The van der Waals surface area contributed by atoms with E-state index in [1.165, 1.54) is 0 Å². The molecule has 1 unspecified atom stereocenters. The number of hydrogen-bond donors (Lipinski definition) is 1. The van der Waals surface area contributed by atoms with E-state index < -0.39 is 0 Å². The van der Waals surface area contributed by atoms with Crippen LogP contribution < -0.4 is 5.32 Å². The third kappa shape index (κ3) is 2.84. The van der Waals surface area contributed by atoms with Crippen LogP contribution in [0.3, 0.4) is 0 Å². The average Bonchev–Trinajstić information content (AvgIpc) is 3.13. The van der Waals surface area contributed by atoms with Gasteiger partial charge in [-0.25, -0.2) is 0 Å². The number of rotatable bonds is 5. The van der Waals surface area contributed by atoms with Gasteiger partial charge in [-0.15, -0.1) is 11.6 Å². The molecule has 0 spiro atoms. The number of aryl methyl sites for hydroxylation is 1. The molecule has 0 aromatic carbocycles. The van der Waals surface area contributed by atoms with Gasteiger partial charge in [0.2, 0.25) is 5.91 Å². The number of alkyl halides is 1. The first-order chi connectivity index (χ1) is 8.95. The van der Waals surface area contributed by atoms with Crippen molar-refractivity contribution < 1.29 is 9.59 Å². The molecule has 2 rings (SSSR count). The Kier molecular flexibility index (Phi) is 3.99. The first-order valence-electron chi connectivity index (χ1n) is 6.53. The Bertz CT molecular complexity index is 518. The smallest absolute Gasteiger partial charge is 0.242 e. The van der Waals surface area contributed by atoms with Crippen LogP contribution in [0.4, 0.5) is 0 Å². The first kappa shape index (κ1) is 14.1. The van der Waals surface area contributed by atoms with Crippen molar-refractivity contribution in [3.05, 3.63) is 23.0 Å². The number of carbonyl (C=O) groups is 2. The van der Waals surface area contributed by atoms with Crippen LogP contribution in [0.2, 0.25) is 0 Å². The number of ketones is 1. The van der Waals surface area contributed by atoms with Crippen molar-refractivity contribution >= 4 is 23.3 Å². The SMILES string of the molecule is Cc1cc(C(=O)CCl)c(C)n1C(C)C(=O)NC1CC1. The highest BCUT2D eigenvalue weighted by Crippen LogP contribution is 2.24. The summed E-state index contributed by atoms with van der Waals surface area (Å²) in [6.07, 6.45) is 2.14. The molecule has 0 aliphatic heterocycles. The highest BCUT2D eigenvalue weighted by Gasteiger charge is 2.28. The summed E-state index contributed by atoms with van der Waals surface area (Å²) in [4.78, 5) is 23.8. The summed E-state index contributed by atoms with van der Waals surface area (Å²) in [6.45, 7) is 5.61. The molecule has 1 N–H and O–H groups in total. The van der Waals surface area contributed by atoms with Crippen LogP contribution in [0.5, 0.6) is 0 Å². The Morgan fingerprint density at radius 3 is 2.63 bits per heavy atom. The predicted octanol–water partition coefficient (Wildman–Crippen LogP) is 2.37. The molecule has 1 aromatic heterocycles. The second kappa shape index (κ2) is 5.37. The zero-order valence-corrected chi connectivity index (χ0v) is 12.3. The minimum Gasteiger partial charge on any atom is -0.352 e. The molecule has 4 nitrogen and oxygen atoms in total. The van der Waals surface area contributed by atoms with Crippen molar-refractivity contribution in [3.63, 3.8) is 0 Å². The number of aromatic nitrogens is 1. The molecule has 0 bridgehead atoms. The van der Waals surface area contributed by atoms with Gasteiger partial charge in [-0.3, -0.25) is 9.59 Å². The van der Waals surface area contributed by atoms with E-state index in [9.17, 15) is 9.59 Å². The quantitative estimate of drug-likeness (QED) is 0.666. The topological polar surface area (TPSA) is 51.1 Å². The number of nitrogens with one attached hydrogen (secondary N) is 1. The molecule has 1 aliphatic rings. The Morgan fingerprint density at radius 1 is 1.47 bits per heavy atom. The first-order valence-corrected chi connectivity index (χ1v) is 7.07. The van der Waals surface area contributed by atoms with E-state index in [1.54, 1.807) is 6.07 Å². The Morgan fingerprint density at radius 2 is 2.11 bits per heavy atom. The fourth-order valence-corrected chi connectivity index (χ4v) is 2.54. The molecule has 0 radical (unpaired) electrons. The minimum absolute atomic E-state index is 0.00849. The molecule has 1 atom stereocenters. The van der Waals surface area contributed by atoms with Crippen molar-refractivity contribution in [2.45, 2.75) is 45.7 Å². The fraction of sp³-hybridized carbons (Fsp3) is 0.571. The Hall–Kier alpha value is -1.29. The number of Topliss-reactive ketones (excluding diaryl/α,β-unsaturated/α-hetero) is 1. The lowest BCUT2D eigenvalue weighted by Crippen LogP contribution is -2.33. The normalized spacial score (nSPS) is 16.2. The third-order valence-corrected chi connectivity index (χ3v) is 3.84. The van der Waals surface area contributed by atoms with Crippen LogP contribution >= 0.6 is 11.6 Å². The standard InChI is InChI=1S/C14H19ClN2O2/c1-8-6-12(13(18)7-15)9(2)17(8)10(3)14(19)16-11-4-5-11/h6,10-11H,4-5,7H2,1-3H3,(H,16,19). The molecular weight excluding hydrogens is 264 g/mol. The van der Waals surface area contributed by atoms with Crippen LogP contribution in [-0.4, -0.2) is 28.2 Å². The van der Waals surface area contributed by atoms with E-state index >= 15 is 0 Å². The van der Waals surface area contributed by atoms with Gasteiger partial charge < -0.3 is 9.88 Å². The van der Waals surface area contributed by atoms with Gasteiger partial charge >= 0.3 is 0 Å². The van der Waals surface area contributed by atoms with Crippen molar-refractivity contribution in [2.75, 3.05) is 5.88 Å². The maximum Gasteiger partial charge on any atom is 0.242 e. The predicted molar refractivity (Wildman–Crippen MR) is 74.8 cm³/mol. The molecule has 104 valence electrons. The Balaban J connectivity index is 2.25. The van der Waals surface area contributed by atoms with Gasteiger partial charge in [0.25, 0.3) is 0 Å². The number of nitrogens with zero attached hydrogens (tertiary/aromatic N) is 1. The summed E-state index contributed by atoms with van der Waals surface area (Å²) in [7, 11) is 0. The van der Waals surface area contributed by atoms with Gasteiger partial charge in [-0.1, -0.05) is 0 Å². The summed E-state index contributed by atoms with van der Waals surface area (Å²) in [6, 6.07) is 1.84. The summed E-state index contributed by atoms with van der Waals surface area (Å²) in [5, 5.41) is 2.99. The van der Waals surface area contributed by atoms with E-state index in [-0.39, 0.29) is 23.6 Å². The highest BCUT2D eigenvalue weighted by molar-refractivity contribution is 6.30. The van der Waals surface area contributed by atoms with Gasteiger partial charge in [-0.2, -0.15) is 0 Å². The van der Waals surface area contributed by atoms with Crippen molar-refractivity contribution in [3.8, 4) is 0 Å². The van der Waals surface area contributed by atoms with E-state index in [4.69, 9.17) is 11.6 Å². The average molecular weight is 283 g/mol. The second-order valence-electron chi connectivity index (χ2n) is 5.17. The monoisotopic (exact) mass is 282 g/mol. The van der Waals surface area contributed by atoms with Gasteiger partial charge in [0.05, 0.1) is 5.88 Å². The maximum absolute atomic E-state index is 12.1. The molecule has 1 amide bonds. The molecule has 19 heavy (non-hydrogen) atoms. The highest BCUT2D eigenvalue weighted by atomic mass is 35.5. The number of halogens is 1. The van der Waals surface area contributed by atoms with Crippen LogP contribution in [-0.2, 0) is 4.79 Å². The van der Waals surface area contributed by atoms with E-state index in [0.29, 0.717) is 11.6 Å². The number of hydrogen-bond acceptors (Lipinski definition) is 2. The van der Waals surface area contributed by atoms with Crippen LogP contribution in [0, 0.1) is 13.8 Å². The summed E-state index contributed by atoms with van der Waals surface area (Å²) < 4.78 is 1.90. The third-order valence-electron chi connectivity index (χ3n) is 3.60. The summed E-state index contributed by atoms with van der Waals surface area (Å²) in [5.41, 5.74) is 2.32. The molecule has 0 saturated heterocycles. The summed E-state index contributed by atoms with van der Waals surface area (Å²) in [5.74, 6) is -0.127. The zero-order valence-electron chi connectivity index (χ0n) is 11.5. The lowest BCUT2D eigenvalue weighted by atomic mass is 10.2. The van der Waals surface area contributed by atoms with Crippen LogP contribution in [0.1, 0.15) is 47.6 Å². The molecule has 1 fully saturated rings. The second-order valence-corrected chi connectivity index (χ2v) is 5.44. The van der Waals surface area contributed by atoms with Crippen LogP contribution in [0.25, 0.3) is 0 Å². The maximum atomic E-state index is 12.1. The lowest BCUT2D eigenvalue weighted by molar-refractivity contribution is -0.124. The van der Waals surface area contributed by atoms with Gasteiger partial charge in [0, 0.05) is 23.0 Å². The van der Waals surface area contributed by atoms with Crippen molar-refractivity contribution in [2.24, 2.45) is 0 Å². The van der Waals surface area contributed by atoms with Gasteiger partial charge in [0.1, 0.15) is 6.04 Å². The zero-order chi connectivity index (χ0) is 14.2. The van der Waals surface area contributed by atoms with E-state index in [1.807, 2.05) is 25.3 Å². The van der Waals surface area contributed by atoms with Gasteiger partial charge in [0.15, 0.2) is 5.78 Å². The van der Waals surface area contributed by atoms with E-state index in [2.05, 4.69) is 5.32 Å². The number of carbonyl (C=O) groups excluding carboxylic acids is 2. The largest absolute Gasteiger partial charge is 0.352 e. The molecule has 1 aliphatic carbocycles. The van der Waals surface area contributed by atoms with Crippen molar-refractivity contribution in [1.82, 2.24) is 9.88 Å². The van der Waals surface area contributed by atoms with E-state index in [0.717, 1.165) is 24.2 Å². The molecule has 1 heterocycles. The van der Waals surface area contributed by atoms with Crippen LogP contribution in [0.15, 0.2) is 6.07 Å². The van der Waals surface area contributed by atoms with Gasteiger partial charge in [-0.05, 0) is 39.7 Å². The lowest BCUT2D eigenvalue weighted by Gasteiger charge is -2.18.